The molecule has 0 aromatic heterocycles. The number of allylic oxidation sites excluding steroid dienone is 14. The van der Waals surface area contributed by atoms with Crippen molar-refractivity contribution < 1.29 is 66.7 Å². The number of rotatable bonds is 41. The minimum absolute atomic E-state index is 0.0831. The van der Waals surface area contributed by atoms with Crippen molar-refractivity contribution in [2.45, 2.75) is 167 Å². The number of esters is 2. The van der Waals surface area contributed by atoms with Gasteiger partial charge in [-0.3, -0.25) is 23.2 Å². The lowest BCUT2D eigenvalue weighted by Crippen LogP contribution is -2.30. The van der Waals surface area contributed by atoms with Gasteiger partial charge in [0.05, 0.1) is 25.9 Å². The topological polar surface area (TPSA) is 216 Å². The molecule has 1 unspecified atom stereocenters. The summed E-state index contributed by atoms with van der Waals surface area (Å²) in [7, 11) is -9.72. The Morgan fingerprint density at radius 1 is 0.516 bits per heavy atom. The zero-order valence-electron chi connectivity index (χ0n) is 37.3. The molecule has 4 atom stereocenters. The Balaban J connectivity index is 4.65. The summed E-state index contributed by atoms with van der Waals surface area (Å²) >= 11 is 0. The summed E-state index contributed by atoms with van der Waals surface area (Å²) in [6.07, 6.45) is 44.2. The van der Waals surface area contributed by atoms with Crippen LogP contribution in [0, 0.1) is 0 Å². The van der Waals surface area contributed by atoms with E-state index in [1.807, 2.05) is 12.2 Å². The Hall–Kier alpha value is -2.74. The minimum atomic E-state index is -4.88. The third-order valence-corrected chi connectivity index (χ3v) is 10.2. The lowest BCUT2D eigenvalue weighted by molar-refractivity contribution is -0.161. The summed E-state index contributed by atoms with van der Waals surface area (Å²) in [6, 6.07) is 0. The van der Waals surface area contributed by atoms with Crippen LogP contribution in [0.15, 0.2) is 85.1 Å². The smallest absolute Gasteiger partial charge is 0.462 e. The zero-order valence-corrected chi connectivity index (χ0v) is 39.1. The predicted octanol–water partition coefficient (Wildman–Crippen LogP) is 10.5. The van der Waals surface area contributed by atoms with Crippen LogP contribution in [0.25, 0.3) is 0 Å². The van der Waals surface area contributed by atoms with E-state index in [0.29, 0.717) is 19.3 Å². The summed E-state index contributed by atoms with van der Waals surface area (Å²) in [6.45, 7) is 1.17. The van der Waals surface area contributed by atoms with Crippen molar-refractivity contribution in [3.8, 4) is 0 Å². The van der Waals surface area contributed by atoms with Crippen molar-refractivity contribution in [3.05, 3.63) is 85.1 Å². The lowest BCUT2D eigenvalue weighted by Gasteiger charge is -2.20. The summed E-state index contributed by atoms with van der Waals surface area (Å²) in [4.78, 5) is 52.7. The maximum Gasteiger partial charge on any atom is 0.472 e. The van der Waals surface area contributed by atoms with E-state index in [0.717, 1.165) is 83.5 Å². The molecule has 0 heterocycles. The molecule has 14 nitrogen and oxygen atoms in total. The molecular weight excluding hydrogens is 838 g/mol. The lowest BCUT2D eigenvalue weighted by atomic mass is 10.1. The molecule has 0 saturated carbocycles. The van der Waals surface area contributed by atoms with Gasteiger partial charge in [0.1, 0.15) is 12.7 Å². The summed E-state index contributed by atoms with van der Waals surface area (Å²) < 4.78 is 47.7. The van der Waals surface area contributed by atoms with Crippen LogP contribution in [0.3, 0.4) is 0 Å². The average Bonchev–Trinajstić information content (AvgIpc) is 3.22. The molecule has 0 amide bonds. The molecule has 0 aromatic rings. The number of aliphatic hydroxyl groups excluding tert-OH is 2. The normalized spacial score (nSPS) is 15.3. The largest absolute Gasteiger partial charge is 0.472 e. The molecule has 0 aliphatic rings. The molecule has 0 aliphatic heterocycles. The molecule has 0 saturated heterocycles. The van der Waals surface area contributed by atoms with Crippen LogP contribution < -0.4 is 0 Å². The van der Waals surface area contributed by atoms with E-state index >= 15 is 0 Å². The Kier molecular flexibility index (Phi) is 39.2. The van der Waals surface area contributed by atoms with E-state index in [-0.39, 0.29) is 18.9 Å². The SMILES string of the molecule is CCCCC/C=C\C/C=C\C/C=C\CCCCCCC(=O)O[C@H](COC(=O)CCC/C=C\C/C=C\C/C=C\C/C=C\CCC[C@@H](C)O)COP(=O)(O)OC[C@@H](O)COP(=O)(O)O. The quantitative estimate of drug-likeness (QED) is 0.0167. The van der Waals surface area contributed by atoms with Crippen LogP contribution in [0.1, 0.15) is 149 Å². The molecule has 0 rings (SSSR count). The number of carbonyl (C=O) groups is 2. The van der Waals surface area contributed by atoms with Crippen molar-refractivity contribution in [3.63, 3.8) is 0 Å². The Morgan fingerprint density at radius 3 is 1.47 bits per heavy atom. The van der Waals surface area contributed by atoms with E-state index in [2.05, 4.69) is 88.9 Å². The Morgan fingerprint density at radius 2 is 0.952 bits per heavy atom. The van der Waals surface area contributed by atoms with Gasteiger partial charge in [0.15, 0.2) is 6.10 Å². The summed E-state index contributed by atoms with van der Waals surface area (Å²) in [5, 5.41) is 19.0. The third kappa shape index (κ3) is 45.3. The first-order chi connectivity index (χ1) is 29.7. The van der Waals surface area contributed by atoms with Crippen molar-refractivity contribution in [2.24, 2.45) is 0 Å². The maximum atomic E-state index is 12.7. The number of hydrogen-bond donors (Lipinski definition) is 5. The Bertz CT molecular complexity index is 1430. The van der Waals surface area contributed by atoms with Crippen LogP contribution in [0.5, 0.6) is 0 Å². The molecule has 0 radical (unpaired) electrons. The first kappa shape index (κ1) is 59.3. The van der Waals surface area contributed by atoms with Crippen molar-refractivity contribution in [2.75, 3.05) is 26.4 Å². The highest BCUT2D eigenvalue weighted by atomic mass is 31.2. The Labute approximate surface area is 371 Å². The third-order valence-electron chi connectivity index (χ3n) is 8.76. The van der Waals surface area contributed by atoms with Gasteiger partial charge in [0, 0.05) is 12.8 Å². The first-order valence-corrected chi connectivity index (χ1v) is 25.3. The van der Waals surface area contributed by atoms with E-state index in [1.54, 1.807) is 6.92 Å². The number of phosphoric ester groups is 2. The fourth-order valence-electron chi connectivity index (χ4n) is 5.36. The summed E-state index contributed by atoms with van der Waals surface area (Å²) in [5.41, 5.74) is 0. The minimum Gasteiger partial charge on any atom is -0.462 e. The number of carbonyl (C=O) groups excluding carboxylic acids is 2. The molecule has 356 valence electrons. The molecule has 16 heteroatoms. The zero-order chi connectivity index (χ0) is 46.0. The molecule has 62 heavy (non-hydrogen) atoms. The van der Waals surface area contributed by atoms with Gasteiger partial charge in [-0.1, -0.05) is 118 Å². The number of unbranched alkanes of at least 4 members (excludes halogenated alkanes) is 9. The second kappa shape index (κ2) is 41.0. The molecule has 0 fully saturated rings. The molecule has 0 aliphatic carbocycles. The molecular formula is C46H78O14P2. The van der Waals surface area contributed by atoms with E-state index in [1.165, 1.54) is 19.3 Å². The molecule has 0 aromatic carbocycles. The van der Waals surface area contributed by atoms with E-state index in [9.17, 15) is 33.8 Å². The second-order valence-electron chi connectivity index (χ2n) is 14.9. The van der Waals surface area contributed by atoms with Crippen molar-refractivity contribution in [1.29, 1.82) is 0 Å². The predicted molar refractivity (Wildman–Crippen MR) is 245 cm³/mol. The van der Waals surface area contributed by atoms with Crippen molar-refractivity contribution in [1.82, 2.24) is 0 Å². The van der Waals surface area contributed by atoms with Gasteiger partial charge in [0.2, 0.25) is 0 Å². The summed E-state index contributed by atoms with van der Waals surface area (Å²) in [5.74, 6) is -1.15. The van der Waals surface area contributed by atoms with Gasteiger partial charge < -0.3 is 34.4 Å². The second-order valence-corrected chi connectivity index (χ2v) is 17.6. The highest BCUT2D eigenvalue weighted by Gasteiger charge is 2.28. The monoisotopic (exact) mass is 916 g/mol. The number of ether oxygens (including phenoxy) is 2. The highest BCUT2D eigenvalue weighted by Crippen LogP contribution is 2.43. The molecule has 5 N–H and O–H groups in total. The van der Waals surface area contributed by atoms with E-state index < -0.39 is 66.2 Å². The van der Waals surface area contributed by atoms with Gasteiger partial charge in [-0.25, -0.2) is 9.13 Å². The average molecular weight is 917 g/mol. The van der Waals surface area contributed by atoms with Crippen LogP contribution in [-0.4, -0.2) is 81.6 Å². The van der Waals surface area contributed by atoms with Crippen LogP contribution >= 0.6 is 15.6 Å². The number of phosphoric acid groups is 2. The maximum absolute atomic E-state index is 12.7. The number of hydrogen-bond acceptors (Lipinski definition) is 11. The van der Waals surface area contributed by atoms with Gasteiger partial charge in [-0.15, -0.1) is 0 Å². The number of aliphatic hydroxyl groups is 2. The molecule has 0 spiro atoms. The fraction of sp³-hybridized carbons (Fsp3) is 0.652. The van der Waals surface area contributed by atoms with Gasteiger partial charge in [0.25, 0.3) is 0 Å². The fourth-order valence-corrected chi connectivity index (χ4v) is 6.52. The highest BCUT2D eigenvalue weighted by molar-refractivity contribution is 7.47. The standard InChI is InChI=1S/C46H78O14P2/c1-3-4-5-6-7-8-9-10-11-12-15-19-22-25-28-31-34-37-46(50)60-44(41-59-62(54,55)58-39-43(48)38-57-61(51,52)53)40-56-45(49)36-33-30-27-24-21-18-16-13-14-17-20-23-26-29-32-35-42(2)47/h7-8,10-11,14-19,23-24,26-27,42-44,47-48H,3-6,9,12-13,20-22,25,28-41H2,1-2H3,(H,54,55)(H2,51,52,53)/b8-7-,11-10-,17-14-,18-16-,19-15-,26-23-,27-24-/t42-,43+,44-/m1/s1. The van der Waals surface area contributed by atoms with Crippen LogP contribution in [-0.2, 0) is 41.8 Å². The van der Waals surface area contributed by atoms with Gasteiger partial charge in [-0.2, -0.15) is 0 Å². The van der Waals surface area contributed by atoms with Crippen molar-refractivity contribution >= 4 is 27.6 Å². The van der Waals surface area contributed by atoms with Gasteiger partial charge in [-0.05, 0) is 103 Å². The van der Waals surface area contributed by atoms with E-state index in [4.69, 9.17) is 23.8 Å². The molecule has 0 bridgehead atoms. The van der Waals surface area contributed by atoms with Gasteiger partial charge >= 0.3 is 27.6 Å². The first-order valence-electron chi connectivity index (χ1n) is 22.3. The van der Waals surface area contributed by atoms with Crippen LogP contribution in [0.4, 0.5) is 0 Å². The van der Waals surface area contributed by atoms with Crippen LogP contribution in [0.2, 0.25) is 0 Å².